The lowest BCUT2D eigenvalue weighted by molar-refractivity contribution is -0.125. The number of esters is 1. The van der Waals surface area contributed by atoms with Crippen LogP contribution in [0.25, 0.3) is 0 Å². The summed E-state index contributed by atoms with van der Waals surface area (Å²) in [4.78, 5) is 24.6. The van der Waals surface area contributed by atoms with E-state index in [-0.39, 0.29) is 22.2 Å². The Balaban J connectivity index is 1.36. The summed E-state index contributed by atoms with van der Waals surface area (Å²) >= 11 is 5.82. The molecule has 0 aromatic heterocycles. The van der Waals surface area contributed by atoms with Crippen LogP contribution in [-0.4, -0.2) is 38.0 Å². The molecular weight excluding hydrogens is 480 g/mol. The number of amides is 1. The van der Waals surface area contributed by atoms with Crippen LogP contribution in [0.4, 0.5) is 5.69 Å². The van der Waals surface area contributed by atoms with Crippen molar-refractivity contribution in [2.45, 2.75) is 43.5 Å². The highest BCUT2D eigenvalue weighted by Crippen LogP contribution is 2.49. The molecule has 0 spiro atoms. The summed E-state index contributed by atoms with van der Waals surface area (Å²) in [6.07, 6.45) is 4.82. The zero-order valence-electron chi connectivity index (χ0n) is 18.7. The quantitative estimate of drug-likeness (QED) is 0.466. The molecule has 0 saturated heterocycles. The van der Waals surface area contributed by atoms with Gasteiger partial charge in [-0.2, -0.15) is 0 Å². The third-order valence-electron chi connectivity index (χ3n) is 6.75. The van der Waals surface area contributed by atoms with Crippen LogP contribution in [0, 0.1) is 17.8 Å². The fourth-order valence-electron chi connectivity index (χ4n) is 5.10. The molecule has 2 fully saturated rings. The number of sulfonamides is 1. The lowest BCUT2D eigenvalue weighted by Gasteiger charge is -2.28. The molecule has 0 radical (unpaired) electrons. The van der Waals surface area contributed by atoms with Crippen molar-refractivity contribution < 1.29 is 27.9 Å². The average molecular weight is 507 g/mol. The van der Waals surface area contributed by atoms with Gasteiger partial charge < -0.3 is 15.2 Å². The highest BCUT2D eigenvalue weighted by molar-refractivity contribution is 7.92. The Morgan fingerprint density at radius 3 is 2.53 bits per heavy atom. The second kappa shape index (κ2) is 9.84. The lowest BCUT2D eigenvalue weighted by atomic mass is 9.84. The molecule has 2 bridgehead atoms. The molecule has 2 aliphatic rings. The molecule has 182 valence electrons. The molecule has 4 atom stereocenters. The number of carbonyl (C=O) groups is 2. The molecule has 0 heterocycles. The molecule has 2 aliphatic carbocycles. The number of hydrogen-bond donors (Lipinski definition) is 3. The van der Waals surface area contributed by atoms with Crippen LogP contribution in [0.2, 0.25) is 5.02 Å². The highest BCUT2D eigenvalue weighted by atomic mass is 35.5. The Labute approximate surface area is 203 Å². The summed E-state index contributed by atoms with van der Waals surface area (Å²) in [5.41, 5.74) is -0.0733. The third kappa shape index (κ3) is 5.47. The smallest absolute Gasteiger partial charge is 0.342 e. The van der Waals surface area contributed by atoms with Crippen molar-refractivity contribution in [3.05, 3.63) is 53.1 Å². The van der Waals surface area contributed by atoms with E-state index in [2.05, 4.69) is 10.0 Å². The van der Waals surface area contributed by atoms with Crippen LogP contribution >= 0.6 is 11.6 Å². The minimum Gasteiger partial charge on any atom is -0.507 e. The number of ether oxygens (including phenoxy) is 1. The number of fused-ring (bicyclic) bond motifs is 2. The summed E-state index contributed by atoms with van der Waals surface area (Å²) in [6.45, 7) is 1.45. The van der Waals surface area contributed by atoms with Gasteiger partial charge in [-0.25, -0.2) is 13.2 Å². The number of halogens is 1. The SMILES string of the molecule is C[C@H](NC(=O)COC(=O)c1cc(S(=O)(=O)Nc2ccc(Cl)cc2)ccc1O)[C@@H]1C[C@H]2CC[C@H]1C2. The number of carbonyl (C=O) groups excluding carboxylic acids is 2. The van der Waals surface area contributed by atoms with E-state index < -0.39 is 34.3 Å². The predicted molar refractivity (Wildman–Crippen MR) is 127 cm³/mol. The number of phenolic OH excluding ortho intramolecular Hbond substituents is 1. The fourth-order valence-corrected chi connectivity index (χ4v) is 6.31. The molecule has 2 aromatic rings. The minimum absolute atomic E-state index is 0.0117. The molecule has 8 nitrogen and oxygen atoms in total. The molecule has 2 aromatic carbocycles. The monoisotopic (exact) mass is 506 g/mol. The van der Waals surface area contributed by atoms with Gasteiger partial charge in [-0.1, -0.05) is 18.0 Å². The van der Waals surface area contributed by atoms with Crippen LogP contribution in [0.15, 0.2) is 47.4 Å². The van der Waals surface area contributed by atoms with Gasteiger partial charge in [0.25, 0.3) is 15.9 Å². The third-order valence-corrected chi connectivity index (χ3v) is 8.38. The van der Waals surface area contributed by atoms with Crippen molar-refractivity contribution in [3.8, 4) is 5.75 Å². The van der Waals surface area contributed by atoms with Gasteiger partial charge >= 0.3 is 5.97 Å². The number of aromatic hydroxyl groups is 1. The molecular formula is C24H27ClN2O6S. The number of rotatable bonds is 8. The number of anilines is 1. The van der Waals surface area contributed by atoms with E-state index in [0.29, 0.717) is 16.9 Å². The van der Waals surface area contributed by atoms with E-state index in [1.165, 1.54) is 43.5 Å². The summed E-state index contributed by atoms with van der Waals surface area (Å²) in [5.74, 6) is -0.0393. The van der Waals surface area contributed by atoms with Gasteiger partial charge in [0.05, 0.1) is 4.90 Å². The first-order valence-electron chi connectivity index (χ1n) is 11.2. The number of benzene rings is 2. The van der Waals surface area contributed by atoms with Crippen molar-refractivity contribution in [1.29, 1.82) is 0 Å². The Morgan fingerprint density at radius 1 is 1.15 bits per heavy atom. The van der Waals surface area contributed by atoms with E-state index in [4.69, 9.17) is 16.3 Å². The average Bonchev–Trinajstić information content (AvgIpc) is 3.43. The standard InChI is InChI=1S/C24H27ClN2O6S/c1-14(20-11-15-2-3-16(20)10-15)26-23(29)13-33-24(30)21-12-19(8-9-22(21)28)34(31,32)27-18-6-4-17(25)5-7-18/h4-9,12,14-16,20,27-28H,2-3,10-11,13H2,1H3,(H,26,29)/t14-,15-,16-,20-/m0/s1. The molecule has 0 unspecified atom stereocenters. The van der Waals surface area contributed by atoms with E-state index in [1.807, 2.05) is 6.92 Å². The van der Waals surface area contributed by atoms with E-state index in [1.54, 1.807) is 0 Å². The van der Waals surface area contributed by atoms with Gasteiger partial charge in [-0.15, -0.1) is 0 Å². The van der Waals surface area contributed by atoms with Crippen LogP contribution in [0.1, 0.15) is 43.0 Å². The Morgan fingerprint density at radius 2 is 1.88 bits per heavy atom. The minimum atomic E-state index is -4.05. The van der Waals surface area contributed by atoms with E-state index in [9.17, 15) is 23.1 Å². The number of hydrogen-bond acceptors (Lipinski definition) is 6. The molecule has 10 heteroatoms. The molecule has 1 amide bonds. The van der Waals surface area contributed by atoms with Crippen molar-refractivity contribution in [2.24, 2.45) is 17.8 Å². The molecule has 3 N–H and O–H groups in total. The number of phenols is 1. The van der Waals surface area contributed by atoms with E-state index >= 15 is 0 Å². The zero-order chi connectivity index (χ0) is 24.5. The molecule has 2 saturated carbocycles. The van der Waals surface area contributed by atoms with Gasteiger partial charge in [0.1, 0.15) is 11.3 Å². The number of nitrogens with one attached hydrogen (secondary N) is 2. The van der Waals surface area contributed by atoms with E-state index in [0.717, 1.165) is 30.5 Å². The maximum atomic E-state index is 12.7. The van der Waals surface area contributed by atoms with Gasteiger partial charge in [0.15, 0.2) is 6.61 Å². The van der Waals surface area contributed by atoms with Gasteiger partial charge in [0, 0.05) is 16.8 Å². The first-order valence-corrected chi connectivity index (χ1v) is 13.1. The second-order valence-electron chi connectivity index (χ2n) is 9.06. The van der Waals surface area contributed by atoms with Crippen LogP contribution < -0.4 is 10.0 Å². The largest absolute Gasteiger partial charge is 0.507 e. The van der Waals surface area contributed by atoms with Crippen molar-refractivity contribution >= 4 is 39.2 Å². The fraction of sp³-hybridized carbons (Fsp3) is 0.417. The normalized spacial score (nSPS) is 22.2. The zero-order valence-corrected chi connectivity index (χ0v) is 20.2. The van der Waals surface area contributed by atoms with Gasteiger partial charge in [-0.05, 0) is 86.4 Å². The maximum absolute atomic E-state index is 12.7. The summed E-state index contributed by atoms with van der Waals surface area (Å²) in [6, 6.07) is 9.29. The van der Waals surface area contributed by atoms with Gasteiger partial charge in [0.2, 0.25) is 0 Å². The van der Waals surface area contributed by atoms with Crippen LogP contribution in [0.5, 0.6) is 5.75 Å². The summed E-state index contributed by atoms with van der Waals surface area (Å²) in [7, 11) is -4.05. The van der Waals surface area contributed by atoms with Crippen molar-refractivity contribution in [1.82, 2.24) is 5.32 Å². The molecule has 34 heavy (non-hydrogen) atoms. The topological polar surface area (TPSA) is 122 Å². The highest BCUT2D eigenvalue weighted by Gasteiger charge is 2.42. The molecule has 0 aliphatic heterocycles. The van der Waals surface area contributed by atoms with Crippen molar-refractivity contribution in [3.63, 3.8) is 0 Å². The Hall–Kier alpha value is -2.78. The van der Waals surface area contributed by atoms with Crippen LogP contribution in [0.3, 0.4) is 0 Å². The summed E-state index contributed by atoms with van der Waals surface area (Å²) < 4.78 is 32.8. The molecule has 4 rings (SSSR count). The van der Waals surface area contributed by atoms with Crippen LogP contribution in [-0.2, 0) is 19.6 Å². The summed E-state index contributed by atoms with van der Waals surface area (Å²) in [5, 5.41) is 13.4. The van der Waals surface area contributed by atoms with Gasteiger partial charge in [-0.3, -0.25) is 9.52 Å². The predicted octanol–water partition coefficient (Wildman–Crippen LogP) is 3.94. The Kier molecular flexibility index (Phi) is 7.04. The van der Waals surface area contributed by atoms with Crippen molar-refractivity contribution in [2.75, 3.05) is 11.3 Å². The second-order valence-corrected chi connectivity index (χ2v) is 11.2. The lowest BCUT2D eigenvalue weighted by Crippen LogP contribution is -2.42. The Bertz CT molecular complexity index is 1180. The first-order chi connectivity index (χ1) is 16.1. The first kappa shape index (κ1) is 24.3. The maximum Gasteiger partial charge on any atom is 0.342 e.